The van der Waals surface area contributed by atoms with Crippen LogP contribution in [-0.2, 0) is 9.59 Å². The number of piperidine rings is 1. The average molecular weight is 284 g/mol. The van der Waals surface area contributed by atoms with Gasteiger partial charge in [-0.3, -0.25) is 9.69 Å². The third kappa shape index (κ3) is 2.66. The van der Waals surface area contributed by atoms with Crippen LogP contribution in [0.5, 0.6) is 5.75 Å². The Morgan fingerprint density at radius 2 is 2.26 bits per heavy atom. The maximum absolute atomic E-state index is 12.1. The monoisotopic (exact) mass is 283 g/mol. The molecule has 0 aliphatic carbocycles. The number of anilines is 1. The van der Waals surface area contributed by atoms with Gasteiger partial charge in [-0.1, -0.05) is 11.6 Å². The molecule has 1 aromatic rings. The molecule has 2 rings (SSSR count). The largest absolute Gasteiger partial charge is 0.495 e. The molecule has 6 heteroatoms. The minimum Gasteiger partial charge on any atom is -0.495 e. The molecule has 0 aromatic heterocycles. The zero-order valence-corrected chi connectivity index (χ0v) is 11.2. The normalized spacial score (nSPS) is 19.4. The summed E-state index contributed by atoms with van der Waals surface area (Å²) in [5, 5.41) is 9.68. The fourth-order valence-electron chi connectivity index (χ4n) is 2.26. The van der Waals surface area contributed by atoms with E-state index in [2.05, 4.69) is 0 Å². The van der Waals surface area contributed by atoms with Crippen molar-refractivity contribution in [3.63, 3.8) is 0 Å². The van der Waals surface area contributed by atoms with Crippen molar-refractivity contribution in [3.8, 4) is 5.75 Å². The van der Waals surface area contributed by atoms with Crippen LogP contribution in [0.15, 0.2) is 18.2 Å². The van der Waals surface area contributed by atoms with Gasteiger partial charge in [-0.25, -0.2) is 4.79 Å². The number of amides is 1. The van der Waals surface area contributed by atoms with E-state index in [1.807, 2.05) is 0 Å². The Hall–Kier alpha value is -1.75. The molecule has 1 heterocycles. The fourth-order valence-corrected chi connectivity index (χ4v) is 2.42. The Morgan fingerprint density at radius 1 is 1.53 bits per heavy atom. The molecular formula is C13H14ClNO4. The second-order valence-electron chi connectivity index (χ2n) is 4.33. The maximum Gasteiger partial charge on any atom is 0.326 e. The summed E-state index contributed by atoms with van der Waals surface area (Å²) in [6, 6.07) is 3.94. The van der Waals surface area contributed by atoms with E-state index < -0.39 is 12.0 Å². The first-order valence-electron chi connectivity index (χ1n) is 5.93. The van der Waals surface area contributed by atoms with Gasteiger partial charge < -0.3 is 9.84 Å². The molecule has 1 aliphatic heterocycles. The summed E-state index contributed by atoms with van der Waals surface area (Å²) in [6.07, 6.45) is 1.34. The molecule has 0 saturated carbocycles. The fraction of sp³-hybridized carbons (Fsp3) is 0.385. The molecule has 1 amide bonds. The smallest absolute Gasteiger partial charge is 0.326 e. The standard InChI is InChI=1S/C13H14ClNO4/c1-19-11-6-5-8(14)7-10(11)15-9(13(17)18)3-2-4-12(15)16/h5-7,9H,2-4H2,1H3,(H,17,18). The lowest BCUT2D eigenvalue weighted by molar-refractivity contribution is -0.141. The van der Waals surface area contributed by atoms with Crippen LogP contribution in [0, 0.1) is 0 Å². The Labute approximate surface area is 115 Å². The summed E-state index contributed by atoms with van der Waals surface area (Å²) in [5.74, 6) is -0.805. The van der Waals surface area contributed by atoms with E-state index in [-0.39, 0.29) is 5.91 Å². The van der Waals surface area contributed by atoms with Crippen molar-refractivity contribution in [1.82, 2.24) is 0 Å². The highest BCUT2D eigenvalue weighted by Crippen LogP contribution is 2.35. The predicted molar refractivity (Wildman–Crippen MR) is 70.8 cm³/mol. The molecule has 0 radical (unpaired) electrons. The van der Waals surface area contributed by atoms with E-state index in [9.17, 15) is 14.7 Å². The zero-order chi connectivity index (χ0) is 14.0. The molecule has 1 aliphatic rings. The summed E-state index contributed by atoms with van der Waals surface area (Å²) in [5.41, 5.74) is 0.409. The number of nitrogens with zero attached hydrogens (tertiary/aromatic N) is 1. The van der Waals surface area contributed by atoms with Crippen molar-refractivity contribution in [1.29, 1.82) is 0 Å². The van der Waals surface area contributed by atoms with E-state index in [1.165, 1.54) is 12.0 Å². The summed E-state index contributed by atoms with van der Waals surface area (Å²) >= 11 is 5.93. The molecule has 1 aromatic carbocycles. The van der Waals surface area contributed by atoms with Crippen LogP contribution in [0.25, 0.3) is 0 Å². The van der Waals surface area contributed by atoms with E-state index in [4.69, 9.17) is 16.3 Å². The zero-order valence-electron chi connectivity index (χ0n) is 10.4. The topological polar surface area (TPSA) is 66.8 Å². The first-order valence-corrected chi connectivity index (χ1v) is 6.31. The van der Waals surface area contributed by atoms with Gasteiger partial charge >= 0.3 is 5.97 Å². The second-order valence-corrected chi connectivity index (χ2v) is 4.76. The first kappa shape index (κ1) is 13.7. The summed E-state index contributed by atoms with van der Waals surface area (Å²) in [6.45, 7) is 0. The maximum atomic E-state index is 12.1. The number of aliphatic carboxylic acids is 1. The first-order chi connectivity index (χ1) is 9.04. The molecule has 1 N–H and O–H groups in total. The molecular weight excluding hydrogens is 270 g/mol. The molecule has 1 saturated heterocycles. The second kappa shape index (κ2) is 5.48. The van der Waals surface area contributed by atoms with E-state index >= 15 is 0 Å². The molecule has 1 fully saturated rings. The van der Waals surface area contributed by atoms with Crippen molar-refractivity contribution in [2.45, 2.75) is 25.3 Å². The number of methoxy groups -OCH3 is 1. The molecule has 19 heavy (non-hydrogen) atoms. The minimum absolute atomic E-state index is 0.223. The lowest BCUT2D eigenvalue weighted by atomic mass is 10.0. The Kier molecular flexibility index (Phi) is 3.95. The van der Waals surface area contributed by atoms with Gasteiger partial charge in [0.25, 0.3) is 0 Å². The highest BCUT2D eigenvalue weighted by Gasteiger charge is 2.35. The van der Waals surface area contributed by atoms with Crippen molar-refractivity contribution < 1.29 is 19.4 Å². The Morgan fingerprint density at radius 3 is 2.89 bits per heavy atom. The van der Waals surface area contributed by atoms with Crippen LogP contribution in [-0.4, -0.2) is 30.1 Å². The van der Waals surface area contributed by atoms with Gasteiger partial charge in [0.15, 0.2) is 0 Å². The van der Waals surface area contributed by atoms with E-state index in [1.54, 1.807) is 18.2 Å². The SMILES string of the molecule is COc1ccc(Cl)cc1N1C(=O)CCCC1C(=O)O. The molecule has 5 nitrogen and oxygen atoms in total. The quantitative estimate of drug-likeness (QED) is 0.924. The highest BCUT2D eigenvalue weighted by molar-refractivity contribution is 6.31. The summed E-state index contributed by atoms with van der Waals surface area (Å²) in [7, 11) is 1.47. The van der Waals surface area contributed by atoms with Gasteiger partial charge in [-0.15, -0.1) is 0 Å². The van der Waals surface area contributed by atoms with Crippen molar-refractivity contribution in [2.75, 3.05) is 12.0 Å². The van der Waals surface area contributed by atoms with Gasteiger partial charge in [0.05, 0.1) is 12.8 Å². The molecule has 0 bridgehead atoms. The van der Waals surface area contributed by atoms with E-state index in [0.29, 0.717) is 35.7 Å². The number of carboxylic acids is 1. The van der Waals surface area contributed by atoms with E-state index in [0.717, 1.165) is 0 Å². The number of hydrogen-bond donors (Lipinski definition) is 1. The van der Waals surface area contributed by atoms with Crippen molar-refractivity contribution >= 4 is 29.2 Å². The van der Waals surface area contributed by atoms with Gasteiger partial charge in [-0.2, -0.15) is 0 Å². The lowest BCUT2D eigenvalue weighted by Crippen LogP contribution is -2.48. The Bertz CT molecular complexity index is 517. The highest BCUT2D eigenvalue weighted by atomic mass is 35.5. The molecule has 1 unspecified atom stereocenters. The van der Waals surface area contributed by atoms with Crippen LogP contribution in [0.1, 0.15) is 19.3 Å². The Balaban J connectivity index is 2.49. The van der Waals surface area contributed by atoms with Crippen LogP contribution < -0.4 is 9.64 Å². The number of carbonyl (C=O) groups excluding carboxylic acids is 1. The number of carboxylic acid groups (broad SMARTS) is 1. The average Bonchev–Trinajstić information content (AvgIpc) is 2.38. The number of halogens is 1. The number of rotatable bonds is 3. The van der Waals surface area contributed by atoms with Crippen LogP contribution in [0.4, 0.5) is 5.69 Å². The molecule has 0 spiro atoms. The van der Waals surface area contributed by atoms with Crippen LogP contribution in [0.2, 0.25) is 5.02 Å². The lowest BCUT2D eigenvalue weighted by Gasteiger charge is -2.33. The summed E-state index contributed by atoms with van der Waals surface area (Å²) in [4.78, 5) is 24.6. The van der Waals surface area contributed by atoms with Gasteiger partial charge in [0.2, 0.25) is 5.91 Å². The number of benzene rings is 1. The van der Waals surface area contributed by atoms with Gasteiger partial charge in [0.1, 0.15) is 11.8 Å². The van der Waals surface area contributed by atoms with Crippen molar-refractivity contribution in [2.24, 2.45) is 0 Å². The van der Waals surface area contributed by atoms with Crippen molar-refractivity contribution in [3.05, 3.63) is 23.2 Å². The van der Waals surface area contributed by atoms with Crippen LogP contribution >= 0.6 is 11.6 Å². The number of ether oxygens (including phenoxy) is 1. The minimum atomic E-state index is -1.02. The number of hydrogen-bond acceptors (Lipinski definition) is 3. The molecule has 1 atom stereocenters. The van der Waals surface area contributed by atoms with Gasteiger partial charge in [0, 0.05) is 11.4 Å². The van der Waals surface area contributed by atoms with Crippen LogP contribution in [0.3, 0.4) is 0 Å². The number of carbonyl (C=O) groups is 2. The predicted octanol–water partition coefficient (Wildman–Crippen LogP) is 2.32. The molecule has 102 valence electrons. The summed E-state index contributed by atoms with van der Waals surface area (Å²) < 4.78 is 5.18. The third-order valence-electron chi connectivity index (χ3n) is 3.13. The third-order valence-corrected chi connectivity index (χ3v) is 3.37. The van der Waals surface area contributed by atoms with Gasteiger partial charge in [-0.05, 0) is 31.0 Å².